The van der Waals surface area contributed by atoms with Crippen molar-refractivity contribution in [3.05, 3.63) is 9.93 Å². The minimum atomic E-state index is 2.00. The molecule has 5 heteroatoms. The minimum absolute atomic E-state index is 2.00. The van der Waals surface area contributed by atoms with Gasteiger partial charge in [-0.05, 0) is 0 Å². The van der Waals surface area contributed by atoms with Crippen LogP contribution in [0.2, 0.25) is 0 Å². The normalized spacial score (nSPS) is 1.67. The van der Waals surface area contributed by atoms with Crippen LogP contribution in [0.4, 0.5) is 0 Å². The fraction of sp³-hybridized carbons (Fsp3) is 0. The van der Waals surface area contributed by atoms with E-state index in [0.717, 1.165) is 0 Å². The van der Waals surface area contributed by atoms with Gasteiger partial charge < -0.3 is 4.79 Å². The summed E-state index contributed by atoms with van der Waals surface area (Å²) >= 11 is 0. The molecule has 0 rings (SSSR count). The van der Waals surface area contributed by atoms with Crippen LogP contribution < -0.4 is 0 Å². The summed E-state index contributed by atoms with van der Waals surface area (Å²) in [5.41, 5.74) is 0. The Morgan fingerprint density at radius 3 is 1.00 bits per heavy atom. The maximum atomic E-state index is 8.00. The van der Waals surface area contributed by atoms with Gasteiger partial charge in [0, 0.05) is 20.7 Å². The molecule has 0 heterocycles. The summed E-state index contributed by atoms with van der Waals surface area (Å²) in [6, 6.07) is 0. The summed E-state index contributed by atoms with van der Waals surface area (Å²) in [6.07, 6.45) is 0. The maximum Gasteiger partial charge on any atom is 0.106 e. The third-order valence-electron chi connectivity index (χ3n) is 0. The van der Waals surface area contributed by atoms with E-state index in [2.05, 4.69) is 0 Å². The summed E-state index contributed by atoms with van der Waals surface area (Å²) < 4.78 is 0. The Kier molecular flexibility index (Phi) is 58.0. The Morgan fingerprint density at radius 2 is 1.00 bits per heavy atom. The van der Waals surface area contributed by atoms with E-state index in [1.165, 1.54) is 0 Å². The highest BCUT2D eigenvalue weighted by molar-refractivity contribution is 5.10. The molecule has 6 heavy (non-hydrogen) atoms. The Balaban J connectivity index is -0.0000000225. The van der Waals surface area contributed by atoms with Crippen molar-refractivity contribution in [2.24, 2.45) is 0 Å². The van der Waals surface area contributed by atoms with Crippen molar-refractivity contribution in [1.29, 1.82) is 10.8 Å². The van der Waals surface area contributed by atoms with Crippen molar-refractivity contribution in [3.8, 4) is 0 Å². The molecule has 0 saturated carbocycles. The predicted octanol–water partition coefficient (Wildman–Crippen LogP) is -0.0877. The number of rotatable bonds is 0. The predicted molar refractivity (Wildman–Crippen MR) is 17.3 cm³/mol. The Labute approximate surface area is 33.6 Å². The average Bonchev–Trinajstić information content (AvgIpc) is 1.81. The monoisotopic (exact) mass is 90.0 g/mol. The number of nitrogens with zero attached hydrogens (tertiary/aromatic N) is 2. The van der Waals surface area contributed by atoms with Crippen LogP contribution in [0.3, 0.4) is 0 Å². The quantitative estimate of drug-likeness (QED) is 0.387. The van der Waals surface area contributed by atoms with Gasteiger partial charge in [0.15, 0.2) is 0 Å². The van der Waals surface area contributed by atoms with Crippen LogP contribution in [0.5, 0.6) is 0 Å². The fourth-order valence-electron chi connectivity index (χ4n) is 0. The molecular formula is CH2N2O3. The Morgan fingerprint density at radius 1 is 1.00 bits per heavy atom. The molecule has 0 aromatic heterocycles. The number of carbonyl (C=O) groups excluding carboxylic acids is 1. The second-order valence-corrected chi connectivity index (χ2v) is 0. The second-order valence-electron chi connectivity index (χ2n) is 0. The van der Waals surface area contributed by atoms with Gasteiger partial charge in [-0.15, -0.1) is 0 Å². The van der Waals surface area contributed by atoms with Crippen molar-refractivity contribution in [3.63, 3.8) is 0 Å². The molecule has 0 bridgehead atoms. The van der Waals surface area contributed by atoms with E-state index in [-0.39, 0.29) is 0 Å². The van der Waals surface area contributed by atoms with Gasteiger partial charge in [-0.3, -0.25) is 0 Å². The molecule has 0 fully saturated rings. The average molecular weight is 90.0 g/mol. The summed E-state index contributed by atoms with van der Waals surface area (Å²) in [5, 5.41) is 12.0. The Hall–Kier alpha value is -1.31. The minimum Gasteiger partial charge on any atom is -0.307 e. The fourth-order valence-corrected chi connectivity index (χ4v) is 0. The molecule has 0 spiro atoms. The summed E-state index contributed by atoms with van der Waals surface area (Å²) in [7, 11) is 0. The van der Waals surface area contributed by atoms with Crippen molar-refractivity contribution in [2.45, 2.75) is 0 Å². The van der Waals surface area contributed by atoms with E-state index >= 15 is 0 Å². The highest BCUT2D eigenvalue weighted by Gasteiger charge is 0.707. The molecule has 0 aliphatic heterocycles. The van der Waals surface area contributed by atoms with Crippen molar-refractivity contribution in [1.82, 2.24) is 0 Å². The Bertz CT molecular complexity index is 25.2. The zero-order valence-electron chi connectivity index (χ0n) is 2.83. The molecule has 0 aliphatic carbocycles. The molecule has 0 aromatic carbocycles. The van der Waals surface area contributed by atoms with Gasteiger partial charge in [-0.2, -0.15) is 0 Å². The van der Waals surface area contributed by atoms with Crippen LogP contribution in [0, 0.1) is 20.7 Å². The first-order valence-electron chi connectivity index (χ1n) is 0.655. The third-order valence-corrected chi connectivity index (χ3v) is 0. The topological polar surface area (TPSA) is 98.8 Å². The highest BCUT2D eigenvalue weighted by Crippen LogP contribution is 0.741. The summed E-state index contributed by atoms with van der Waals surface area (Å²) in [5.74, 6) is 0. The molecule has 0 saturated heterocycles. The van der Waals surface area contributed by atoms with Crippen molar-refractivity contribution in [2.75, 3.05) is 0 Å². The lowest BCUT2D eigenvalue weighted by Crippen LogP contribution is -0.925. The maximum absolute atomic E-state index is 8.00. The molecule has 0 atom stereocenters. The number of hydrogen-bond acceptors (Lipinski definition) is 5. The van der Waals surface area contributed by atoms with Crippen LogP contribution in [-0.4, -0.2) is 6.79 Å². The lowest BCUT2D eigenvalue weighted by Gasteiger charge is -0.837. The van der Waals surface area contributed by atoms with E-state index in [9.17, 15) is 0 Å². The zero-order valence-corrected chi connectivity index (χ0v) is 2.83. The van der Waals surface area contributed by atoms with Gasteiger partial charge in [0.25, 0.3) is 0 Å². The van der Waals surface area contributed by atoms with E-state index in [1.54, 1.807) is 0 Å². The van der Waals surface area contributed by atoms with Crippen LogP contribution >= 0.6 is 0 Å². The van der Waals surface area contributed by atoms with Gasteiger partial charge in [0.2, 0.25) is 0 Å². The van der Waals surface area contributed by atoms with Gasteiger partial charge in [-0.25, -0.2) is 0 Å². The highest BCUT2D eigenvalue weighted by atomic mass is 16.7. The molecule has 34 valence electrons. The largest absolute Gasteiger partial charge is 0.307 e. The molecule has 0 amide bonds. The molecule has 5 nitrogen and oxygen atoms in total. The van der Waals surface area contributed by atoms with Gasteiger partial charge >= 0.3 is 0 Å². The molecule has 0 aromatic rings. The molecule has 0 N–H and O–H groups in total. The number of hydrogen-bond donors (Lipinski definition) is 0. The summed E-state index contributed by atoms with van der Waals surface area (Å²) in [4.78, 5) is 22.0. The first kappa shape index (κ1) is 22.4. The lowest BCUT2D eigenvalue weighted by atomic mass is 11.9. The number of carbonyl (C=O) groups is 1. The molecule has 0 aliphatic rings. The van der Waals surface area contributed by atoms with Crippen molar-refractivity contribution >= 4 is 6.79 Å². The van der Waals surface area contributed by atoms with E-state index in [0.29, 0.717) is 0 Å². The second kappa shape index (κ2) is 15.6. The van der Waals surface area contributed by atoms with Gasteiger partial charge in [0.05, 0.1) is 0 Å². The standard InChI is InChI=1S/CH2O.N2.O2/c3*1-2/h1H2;;. The van der Waals surface area contributed by atoms with E-state index in [4.69, 9.17) is 25.5 Å². The molecular weight excluding hydrogens is 88.0 g/mol. The van der Waals surface area contributed by atoms with Gasteiger partial charge in [-0.1, -0.05) is 0 Å². The first-order chi connectivity index (χ1) is 3.00. The molecule has 0 radical (unpaired) electrons. The third kappa shape index (κ3) is 4.48. The SMILES string of the molecule is C=O.N#N.O=O. The van der Waals surface area contributed by atoms with Crippen LogP contribution in [-0.2, 0) is 4.79 Å². The van der Waals surface area contributed by atoms with Crippen LogP contribution in [0.1, 0.15) is 0 Å². The first-order valence-corrected chi connectivity index (χ1v) is 0.655. The molecule has 0 unspecified atom stereocenters. The smallest absolute Gasteiger partial charge is 0.106 e. The van der Waals surface area contributed by atoms with Gasteiger partial charge in [0.1, 0.15) is 6.79 Å². The summed E-state index contributed by atoms with van der Waals surface area (Å²) in [6.45, 7) is 2.00. The van der Waals surface area contributed by atoms with Crippen LogP contribution in [0.15, 0.2) is 0 Å². The van der Waals surface area contributed by atoms with Crippen molar-refractivity contribution < 1.29 is 4.79 Å². The lowest BCUT2D eigenvalue weighted by molar-refractivity contribution is -0.0979. The van der Waals surface area contributed by atoms with E-state index < -0.39 is 0 Å². The zero-order chi connectivity index (χ0) is 6.00. The van der Waals surface area contributed by atoms with Crippen LogP contribution in [0.25, 0.3) is 0 Å². The van der Waals surface area contributed by atoms with E-state index in [1.807, 2.05) is 6.79 Å².